The quantitative estimate of drug-likeness (QED) is 0.495. The van der Waals surface area contributed by atoms with Crippen molar-refractivity contribution in [1.29, 1.82) is 0 Å². The van der Waals surface area contributed by atoms with Gasteiger partial charge in [-0.05, 0) is 48.5 Å². The van der Waals surface area contributed by atoms with E-state index in [4.69, 9.17) is 0 Å². The van der Waals surface area contributed by atoms with Crippen LogP contribution in [-0.2, 0) is 4.79 Å². The summed E-state index contributed by atoms with van der Waals surface area (Å²) in [5.41, 5.74) is 1.02. The van der Waals surface area contributed by atoms with E-state index in [1.54, 1.807) is 0 Å². The average molecular weight is 192 g/mol. The van der Waals surface area contributed by atoms with Crippen molar-refractivity contribution in [2.24, 2.45) is 23.7 Å². The molecule has 0 spiro atoms. The number of hydrogen-bond acceptors (Lipinski definition) is 1. The Morgan fingerprint density at radius 1 is 1.29 bits per heavy atom. The molecule has 0 amide bonds. The van der Waals surface area contributed by atoms with Gasteiger partial charge in [0.2, 0.25) is 0 Å². The van der Waals surface area contributed by atoms with Crippen molar-refractivity contribution in [3.63, 3.8) is 0 Å². The van der Waals surface area contributed by atoms with E-state index in [0.717, 1.165) is 29.6 Å². The van der Waals surface area contributed by atoms with Gasteiger partial charge in [-0.15, -0.1) is 0 Å². The fourth-order valence-corrected chi connectivity index (χ4v) is 3.11. The standard InChI is InChI=1S/C13H20O/c1-9(2)13(8-14)7-12-6-10-3-4-11(12)5-10/h7-12H,3-6H2,1-2H3/b13-7+. The molecule has 0 aliphatic heterocycles. The predicted octanol–water partition coefficient (Wildman–Crippen LogP) is 3.20. The lowest BCUT2D eigenvalue weighted by Gasteiger charge is -2.19. The fraction of sp³-hybridized carbons (Fsp3) is 0.769. The summed E-state index contributed by atoms with van der Waals surface area (Å²) in [7, 11) is 0. The number of carbonyl (C=O) groups is 1. The Morgan fingerprint density at radius 3 is 2.50 bits per heavy atom. The second-order valence-electron chi connectivity index (χ2n) is 5.28. The Kier molecular flexibility index (Phi) is 2.76. The molecule has 2 fully saturated rings. The maximum Gasteiger partial charge on any atom is 0.145 e. The van der Waals surface area contributed by atoms with Gasteiger partial charge in [-0.1, -0.05) is 26.3 Å². The highest BCUT2D eigenvalue weighted by Gasteiger charge is 2.38. The molecule has 0 saturated heterocycles. The van der Waals surface area contributed by atoms with Gasteiger partial charge in [0.1, 0.15) is 6.29 Å². The van der Waals surface area contributed by atoms with E-state index < -0.39 is 0 Å². The highest BCUT2D eigenvalue weighted by Crippen LogP contribution is 2.49. The summed E-state index contributed by atoms with van der Waals surface area (Å²) in [5.74, 6) is 2.98. The Hall–Kier alpha value is -0.590. The minimum absolute atomic E-state index is 0.395. The van der Waals surface area contributed by atoms with Crippen LogP contribution < -0.4 is 0 Å². The number of fused-ring (bicyclic) bond motifs is 2. The van der Waals surface area contributed by atoms with Crippen molar-refractivity contribution in [2.45, 2.75) is 39.5 Å². The molecule has 2 rings (SSSR count). The molecule has 0 heterocycles. The summed E-state index contributed by atoms with van der Waals surface area (Å²) < 4.78 is 0. The molecule has 2 saturated carbocycles. The van der Waals surface area contributed by atoms with Gasteiger partial charge in [-0.2, -0.15) is 0 Å². The molecule has 0 radical (unpaired) electrons. The molecule has 0 aromatic carbocycles. The normalized spacial score (nSPS) is 36.8. The third-order valence-electron chi connectivity index (χ3n) is 4.00. The number of aldehydes is 1. The summed E-state index contributed by atoms with van der Waals surface area (Å²) in [5, 5.41) is 0. The number of carbonyl (C=O) groups excluding carboxylic acids is 1. The number of hydrogen-bond donors (Lipinski definition) is 0. The van der Waals surface area contributed by atoms with E-state index in [1.165, 1.54) is 25.7 Å². The number of rotatable bonds is 3. The molecule has 3 atom stereocenters. The third-order valence-corrected chi connectivity index (χ3v) is 4.00. The highest BCUT2D eigenvalue weighted by atomic mass is 16.1. The second kappa shape index (κ2) is 3.88. The van der Waals surface area contributed by atoms with E-state index >= 15 is 0 Å². The summed E-state index contributed by atoms with van der Waals surface area (Å²) in [6.07, 6.45) is 8.92. The molecule has 0 aromatic heterocycles. The highest BCUT2D eigenvalue weighted by molar-refractivity contribution is 5.73. The molecule has 0 N–H and O–H groups in total. The zero-order valence-corrected chi connectivity index (χ0v) is 9.20. The van der Waals surface area contributed by atoms with Crippen LogP contribution in [0.3, 0.4) is 0 Å². The molecular weight excluding hydrogens is 172 g/mol. The first-order valence-corrected chi connectivity index (χ1v) is 5.87. The Bertz CT molecular complexity index is 252. The van der Waals surface area contributed by atoms with Gasteiger partial charge in [0.05, 0.1) is 0 Å². The van der Waals surface area contributed by atoms with Crippen LogP contribution in [0.4, 0.5) is 0 Å². The first kappa shape index (κ1) is 9.95. The minimum Gasteiger partial charge on any atom is -0.298 e. The summed E-state index contributed by atoms with van der Waals surface area (Å²) in [4.78, 5) is 10.9. The van der Waals surface area contributed by atoms with Crippen molar-refractivity contribution in [3.05, 3.63) is 11.6 Å². The first-order valence-electron chi connectivity index (χ1n) is 5.87. The van der Waals surface area contributed by atoms with E-state index in [0.29, 0.717) is 5.92 Å². The second-order valence-corrected chi connectivity index (χ2v) is 5.28. The largest absolute Gasteiger partial charge is 0.298 e. The molecule has 14 heavy (non-hydrogen) atoms. The molecular formula is C13H20O. The van der Waals surface area contributed by atoms with Gasteiger partial charge >= 0.3 is 0 Å². The van der Waals surface area contributed by atoms with E-state index in [9.17, 15) is 4.79 Å². The van der Waals surface area contributed by atoms with Crippen LogP contribution >= 0.6 is 0 Å². The van der Waals surface area contributed by atoms with Crippen molar-refractivity contribution >= 4 is 6.29 Å². The topological polar surface area (TPSA) is 17.1 Å². The summed E-state index contributed by atoms with van der Waals surface area (Å²) in [6.45, 7) is 4.21. The lowest BCUT2D eigenvalue weighted by Crippen LogP contribution is -2.10. The van der Waals surface area contributed by atoms with Gasteiger partial charge in [0.25, 0.3) is 0 Å². The van der Waals surface area contributed by atoms with Crippen LogP contribution in [-0.4, -0.2) is 6.29 Å². The van der Waals surface area contributed by atoms with Gasteiger partial charge < -0.3 is 0 Å². The Morgan fingerprint density at radius 2 is 2.07 bits per heavy atom. The van der Waals surface area contributed by atoms with Crippen LogP contribution in [0.1, 0.15) is 39.5 Å². The monoisotopic (exact) mass is 192 g/mol. The minimum atomic E-state index is 0.395. The summed E-state index contributed by atoms with van der Waals surface area (Å²) >= 11 is 0. The molecule has 2 bridgehead atoms. The third kappa shape index (κ3) is 1.77. The fourth-order valence-electron chi connectivity index (χ4n) is 3.11. The van der Waals surface area contributed by atoms with Gasteiger partial charge in [-0.25, -0.2) is 0 Å². The van der Waals surface area contributed by atoms with Crippen LogP contribution in [0.5, 0.6) is 0 Å². The lowest BCUT2D eigenvalue weighted by atomic mass is 9.86. The van der Waals surface area contributed by atoms with Gasteiger partial charge in [0.15, 0.2) is 0 Å². The molecule has 2 aliphatic rings. The van der Waals surface area contributed by atoms with Crippen LogP contribution in [0.2, 0.25) is 0 Å². The van der Waals surface area contributed by atoms with E-state index in [1.807, 2.05) is 0 Å². The van der Waals surface area contributed by atoms with Crippen molar-refractivity contribution in [2.75, 3.05) is 0 Å². The molecule has 1 nitrogen and oxygen atoms in total. The van der Waals surface area contributed by atoms with Gasteiger partial charge in [-0.3, -0.25) is 4.79 Å². The van der Waals surface area contributed by atoms with Gasteiger partial charge in [0, 0.05) is 0 Å². The van der Waals surface area contributed by atoms with Crippen LogP contribution in [0.25, 0.3) is 0 Å². The maximum atomic E-state index is 10.9. The predicted molar refractivity (Wildman–Crippen MR) is 57.9 cm³/mol. The smallest absolute Gasteiger partial charge is 0.145 e. The Balaban J connectivity index is 2.05. The van der Waals surface area contributed by atoms with Crippen molar-refractivity contribution < 1.29 is 4.79 Å². The van der Waals surface area contributed by atoms with Crippen molar-refractivity contribution in [1.82, 2.24) is 0 Å². The SMILES string of the molecule is CC(C)/C(C=O)=C/C1CC2CCC1C2. The Labute approximate surface area is 86.6 Å². The van der Waals surface area contributed by atoms with E-state index in [2.05, 4.69) is 19.9 Å². The zero-order chi connectivity index (χ0) is 10.1. The first-order chi connectivity index (χ1) is 6.70. The van der Waals surface area contributed by atoms with E-state index in [-0.39, 0.29) is 0 Å². The molecule has 2 aliphatic carbocycles. The maximum absolute atomic E-state index is 10.9. The van der Waals surface area contributed by atoms with Crippen LogP contribution in [0.15, 0.2) is 11.6 Å². The molecule has 3 unspecified atom stereocenters. The van der Waals surface area contributed by atoms with Crippen molar-refractivity contribution in [3.8, 4) is 0 Å². The van der Waals surface area contributed by atoms with Crippen LogP contribution in [0, 0.1) is 23.7 Å². The molecule has 1 heteroatoms. The lowest BCUT2D eigenvalue weighted by molar-refractivity contribution is -0.105. The molecule has 78 valence electrons. The summed E-state index contributed by atoms with van der Waals surface area (Å²) in [6, 6.07) is 0. The molecule has 0 aromatic rings. The average Bonchev–Trinajstić information content (AvgIpc) is 2.74. The number of allylic oxidation sites excluding steroid dienone is 2. The zero-order valence-electron chi connectivity index (χ0n) is 9.20.